The van der Waals surface area contributed by atoms with Crippen molar-refractivity contribution in [2.24, 2.45) is 5.92 Å². The van der Waals surface area contributed by atoms with E-state index in [-0.39, 0.29) is 5.92 Å². The molecule has 0 aromatic rings. The molecule has 5 nitrogen and oxygen atoms in total. The third kappa shape index (κ3) is 3.68. The monoisotopic (exact) mass is 285 g/mol. The van der Waals surface area contributed by atoms with E-state index in [2.05, 4.69) is 11.0 Å². The number of rotatable bonds is 2. The lowest BCUT2D eigenvalue weighted by Crippen LogP contribution is -2.53. The largest absolute Gasteiger partial charge is 0.296 e. The van der Waals surface area contributed by atoms with Crippen molar-refractivity contribution < 1.29 is 8.42 Å². The molecule has 108 valence electrons. The molecule has 0 amide bonds. The first-order valence-corrected chi connectivity index (χ1v) is 8.96. The van der Waals surface area contributed by atoms with Gasteiger partial charge >= 0.3 is 0 Å². The summed E-state index contributed by atoms with van der Waals surface area (Å²) in [5.41, 5.74) is 0. The van der Waals surface area contributed by atoms with E-state index >= 15 is 0 Å². The smallest absolute Gasteiger partial charge is 0.211 e. The molecule has 0 radical (unpaired) electrons. The van der Waals surface area contributed by atoms with Crippen LogP contribution in [-0.4, -0.2) is 56.1 Å². The van der Waals surface area contributed by atoms with E-state index in [1.807, 2.05) is 0 Å². The molecule has 19 heavy (non-hydrogen) atoms. The van der Waals surface area contributed by atoms with Crippen molar-refractivity contribution >= 4 is 10.0 Å². The summed E-state index contributed by atoms with van der Waals surface area (Å²) >= 11 is 0. The summed E-state index contributed by atoms with van der Waals surface area (Å²) in [5.74, 6) is 0.118. The van der Waals surface area contributed by atoms with Crippen LogP contribution in [0.3, 0.4) is 0 Å². The third-order valence-corrected chi connectivity index (χ3v) is 5.66. The van der Waals surface area contributed by atoms with Gasteiger partial charge in [-0.2, -0.15) is 9.57 Å². The normalized spacial score (nSPS) is 31.6. The van der Waals surface area contributed by atoms with Crippen molar-refractivity contribution in [3.05, 3.63) is 0 Å². The first-order valence-electron chi connectivity index (χ1n) is 7.11. The highest BCUT2D eigenvalue weighted by Crippen LogP contribution is 2.28. The Morgan fingerprint density at radius 3 is 2.26 bits per heavy atom. The van der Waals surface area contributed by atoms with Gasteiger partial charge in [0.15, 0.2) is 0 Å². The maximum absolute atomic E-state index is 11.5. The number of hydrogen-bond donors (Lipinski definition) is 0. The summed E-state index contributed by atoms with van der Waals surface area (Å²) in [6, 6.07) is 2.79. The molecule has 2 fully saturated rings. The van der Waals surface area contributed by atoms with E-state index in [9.17, 15) is 13.7 Å². The number of nitriles is 1. The van der Waals surface area contributed by atoms with Crippen LogP contribution in [0.5, 0.6) is 0 Å². The fourth-order valence-electron chi connectivity index (χ4n) is 3.24. The molecule has 2 rings (SSSR count). The minimum atomic E-state index is -3.06. The SMILES string of the molecule is CS(=O)(=O)N1CCN(C2CCCCCC2C#N)CC1. The second-order valence-electron chi connectivity index (χ2n) is 5.64. The third-order valence-electron chi connectivity index (χ3n) is 4.36. The van der Waals surface area contributed by atoms with Crippen LogP contribution in [0.25, 0.3) is 0 Å². The molecular formula is C13H23N3O2S. The average Bonchev–Trinajstić information content (AvgIpc) is 2.62. The molecule has 2 aliphatic rings. The molecular weight excluding hydrogens is 262 g/mol. The zero-order chi connectivity index (χ0) is 13.9. The van der Waals surface area contributed by atoms with Crippen molar-refractivity contribution in [2.45, 2.75) is 38.1 Å². The molecule has 2 unspecified atom stereocenters. The molecule has 1 saturated heterocycles. The highest BCUT2D eigenvalue weighted by atomic mass is 32.2. The van der Waals surface area contributed by atoms with Crippen LogP contribution >= 0.6 is 0 Å². The van der Waals surface area contributed by atoms with Crippen LogP contribution < -0.4 is 0 Å². The Morgan fingerprint density at radius 2 is 1.68 bits per heavy atom. The Labute approximate surface area is 116 Å². The first kappa shape index (κ1) is 14.8. The first-order chi connectivity index (χ1) is 9.02. The number of sulfonamides is 1. The van der Waals surface area contributed by atoms with Gasteiger partial charge in [0.25, 0.3) is 0 Å². The highest BCUT2D eigenvalue weighted by Gasteiger charge is 2.32. The van der Waals surface area contributed by atoms with Gasteiger partial charge in [0.05, 0.1) is 18.2 Å². The lowest BCUT2D eigenvalue weighted by molar-refractivity contribution is 0.108. The Morgan fingerprint density at radius 1 is 1.05 bits per heavy atom. The van der Waals surface area contributed by atoms with E-state index in [1.54, 1.807) is 4.31 Å². The van der Waals surface area contributed by atoms with E-state index in [0.717, 1.165) is 32.4 Å². The summed E-state index contributed by atoms with van der Waals surface area (Å²) in [6.45, 7) is 2.65. The van der Waals surface area contributed by atoms with Crippen LogP contribution in [0.15, 0.2) is 0 Å². The molecule has 1 saturated carbocycles. The lowest BCUT2D eigenvalue weighted by Gasteiger charge is -2.39. The van der Waals surface area contributed by atoms with E-state index < -0.39 is 10.0 Å². The van der Waals surface area contributed by atoms with Gasteiger partial charge in [0.2, 0.25) is 10.0 Å². The molecule has 0 aromatic carbocycles. The molecule has 1 aliphatic carbocycles. The van der Waals surface area contributed by atoms with Crippen molar-refractivity contribution in [2.75, 3.05) is 32.4 Å². The van der Waals surface area contributed by atoms with Gasteiger partial charge in [-0.15, -0.1) is 0 Å². The molecule has 0 spiro atoms. The second-order valence-corrected chi connectivity index (χ2v) is 7.62. The Kier molecular flexibility index (Phi) is 4.82. The number of hydrogen-bond acceptors (Lipinski definition) is 4. The Bertz CT molecular complexity index is 435. The van der Waals surface area contributed by atoms with Crippen LogP contribution in [0.2, 0.25) is 0 Å². The molecule has 2 atom stereocenters. The van der Waals surface area contributed by atoms with Gasteiger partial charge in [0, 0.05) is 32.2 Å². The van der Waals surface area contributed by atoms with Crippen LogP contribution in [-0.2, 0) is 10.0 Å². The maximum atomic E-state index is 11.5. The molecule has 0 bridgehead atoms. The predicted octanol–water partition coefficient (Wildman–Crippen LogP) is 1.04. The minimum absolute atomic E-state index is 0.118. The summed E-state index contributed by atoms with van der Waals surface area (Å²) in [6.07, 6.45) is 6.90. The summed E-state index contributed by atoms with van der Waals surface area (Å²) in [4.78, 5) is 2.33. The molecule has 1 aliphatic heterocycles. The topological polar surface area (TPSA) is 64.4 Å². The highest BCUT2D eigenvalue weighted by molar-refractivity contribution is 7.88. The van der Waals surface area contributed by atoms with Crippen LogP contribution in [0.1, 0.15) is 32.1 Å². The van der Waals surface area contributed by atoms with Crippen molar-refractivity contribution in [3.63, 3.8) is 0 Å². The van der Waals surface area contributed by atoms with Gasteiger partial charge in [-0.3, -0.25) is 4.90 Å². The van der Waals surface area contributed by atoms with Gasteiger partial charge < -0.3 is 0 Å². The van der Waals surface area contributed by atoms with Gasteiger partial charge in [-0.1, -0.05) is 19.3 Å². The second kappa shape index (κ2) is 6.21. The lowest BCUT2D eigenvalue weighted by atomic mass is 9.94. The molecule has 6 heteroatoms. The van der Waals surface area contributed by atoms with Crippen molar-refractivity contribution in [3.8, 4) is 6.07 Å². The number of piperazine rings is 1. The zero-order valence-corrected chi connectivity index (χ0v) is 12.4. The maximum Gasteiger partial charge on any atom is 0.211 e. The van der Waals surface area contributed by atoms with E-state index in [1.165, 1.54) is 19.1 Å². The predicted molar refractivity (Wildman–Crippen MR) is 74.0 cm³/mol. The quantitative estimate of drug-likeness (QED) is 0.711. The fourth-order valence-corrected chi connectivity index (χ4v) is 4.07. The summed E-state index contributed by atoms with van der Waals surface area (Å²) in [5, 5.41) is 9.32. The van der Waals surface area contributed by atoms with E-state index in [0.29, 0.717) is 19.1 Å². The zero-order valence-electron chi connectivity index (χ0n) is 11.6. The van der Waals surface area contributed by atoms with Crippen molar-refractivity contribution in [1.82, 2.24) is 9.21 Å². The summed E-state index contributed by atoms with van der Waals surface area (Å²) < 4.78 is 24.5. The Balaban J connectivity index is 1.98. The fraction of sp³-hybridized carbons (Fsp3) is 0.923. The number of nitrogens with zero attached hydrogens (tertiary/aromatic N) is 3. The Hall–Kier alpha value is -0.640. The standard InChI is InChI=1S/C13H23N3O2S/c1-19(17,18)16-9-7-15(8-10-16)13-6-4-2-3-5-12(13)11-14/h12-13H,2-10H2,1H3. The molecule has 0 aromatic heterocycles. The molecule has 1 heterocycles. The van der Waals surface area contributed by atoms with Crippen LogP contribution in [0.4, 0.5) is 0 Å². The van der Waals surface area contributed by atoms with Crippen LogP contribution in [0, 0.1) is 17.2 Å². The van der Waals surface area contributed by atoms with Crippen molar-refractivity contribution in [1.29, 1.82) is 5.26 Å². The minimum Gasteiger partial charge on any atom is -0.296 e. The van der Waals surface area contributed by atoms with Gasteiger partial charge in [-0.25, -0.2) is 8.42 Å². The van der Waals surface area contributed by atoms with Gasteiger partial charge in [0.1, 0.15) is 0 Å². The average molecular weight is 285 g/mol. The molecule has 0 N–H and O–H groups in total. The summed E-state index contributed by atoms with van der Waals surface area (Å²) in [7, 11) is -3.06. The van der Waals surface area contributed by atoms with E-state index in [4.69, 9.17) is 0 Å². The van der Waals surface area contributed by atoms with Gasteiger partial charge in [-0.05, 0) is 12.8 Å².